The Morgan fingerprint density at radius 1 is 0.708 bits per heavy atom. The standard InChI is InChI=1S/C15H29N3.3C2H6/c1-3-5-7-9-11-13-18-14-15(16-17-18)12-10-8-6-4-2;3*1-2/h14H,3-13H2,1-2H3;3*1-2H3. The average Bonchev–Trinajstić information content (AvgIpc) is 3.11. The van der Waals surface area contributed by atoms with E-state index < -0.39 is 0 Å². The smallest absolute Gasteiger partial charge is 0.0827 e. The monoisotopic (exact) mass is 341 g/mol. The summed E-state index contributed by atoms with van der Waals surface area (Å²) < 4.78 is 2.01. The van der Waals surface area contributed by atoms with Gasteiger partial charge in [0.1, 0.15) is 0 Å². The highest BCUT2D eigenvalue weighted by molar-refractivity contribution is 4.92. The molecule has 0 N–H and O–H groups in total. The molecule has 1 heterocycles. The van der Waals surface area contributed by atoms with Crippen LogP contribution in [0.5, 0.6) is 0 Å². The van der Waals surface area contributed by atoms with Gasteiger partial charge in [-0.3, -0.25) is 4.68 Å². The Kier molecular flexibility index (Phi) is 31.5. The van der Waals surface area contributed by atoms with Gasteiger partial charge in [0.2, 0.25) is 0 Å². The molecular weight excluding hydrogens is 294 g/mol. The summed E-state index contributed by atoms with van der Waals surface area (Å²) in [6.45, 7) is 17.5. The summed E-state index contributed by atoms with van der Waals surface area (Å²) in [4.78, 5) is 0. The lowest BCUT2D eigenvalue weighted by Gasteiger charge is -2.00. The van der Waals surface area contributed by atoms with Gasteiger partial charge in [-0.2, -0.15) is 0 Å². The minimum Gasteiger partial charge on any atom is -0.252 e. The van der Waals surface area contributed by atoms with Crippen LogP contribution in [0.15, 0.2) is 6.20 Å². The first kappa shape index (κ1) is 28.0. The topological polar surface area (TPSA) is 30.7 Å². The van der Waals surface area contributed by atoms with E-state index in [1.807, 2.05) is 46.2 Å². The van der Waals surface area contributed by atoms with Crippen molar-refractivity contribution in [2.75, 3.05) is 0 Å². The zero-order valence-electron chi connectivity index (χ0n) is 18.2. The number of nitrogens with zero attached hydrogens (tertiary/aromatic N) is 3. The minimum absolute atomic E-state index is 1.03. The molecule has 3 heteroatoms. The molecule has 0 aliphatic rings. The summed E-state index contributed by atoms with van der Waals surface area (Å²) >= 11 is 0. The lowest BCUT2D eigenvalue weighted by molar-refractivity contribution is 0.521. The van der Waals surface area contributed by atoms with Crippen molar-refractivity contribution >= 4 is 0 Å². The van der Waals surface area contributed by atoms with Gasteiger partial charge < -0.3 is 0 Å². The van der Waals surface area contributed by atoms with Crippen molar-refractivity contribution in [2.24, 2.45) is 0 Å². The third kappa shape index (κ3) is 19.2. The summed E-state index contributed by atoms with van der Waals surface area (Å²) in [7, 11) is 0. The fraction of sp³-hybridized carbons (Fsp3) is 0.905. The molecule has 0 saturated carbocycles. The predicted octanol–water partition coefficient (Wildman–Crippen LogP) is 7.45. The van der Waals surface area contributed by atoms with E-state index >= 15 is 0 Å². The molecular formula is C21H47N3. The van der Waals surface area contributed by atoms with E-state index in [1.165, 1.54) is 63.5 Å². The molecule has 146 valence electrons. The Morgan fingerprint density at radius 2 is 1.21 bits per heavy atom. The summed E-state index contributed by atoms with van der Waals surface area (Å²) in [5, 5.41) is 8.44. The second kappa shape index (κ2) is 27.0. The molecule has 0 amide bonds. The van der Waals surface area contributed by atoms with Gasteiger partial charge in [0.05, 0.1) is 5.69 Å². The molecule has 0 saturated heterocycles. The minimum atomic E-state index is 1.03. The van der Waals surface area contributed by atoms with E-state index in [0.717, 1.165) is 13.0 Å². The highest BCUT2D eigenvalue weighted by Gasteiger charge is 2.00. The maximum absolute atomic E-state index is 4.24. The lowest BCUT2D eigenvalue weighted by Crippen LogP contribution is -1.98. The first-order valence-electron chi connectivity index (χ1n) is 10.8. The van der Waals surface area contributed by atoms with Crippen LogP contribution in [0.3, 0.4) is 0 Å². The third-order valence-corrected chi connectivity index (χ3v) is 3.36. The van der Waals surface area contributed by atoms with Crippen LogP contribution in [0.2, 0.25) is 0 Å². The number of aryl methyl sites for hydroxylation is 2. The fourth-order valence-corrected chi connectivity index (χ4v) is 2.17. The molecule has 0 spiro atoms. The molecule has 0 bridgehead atoms. The lowest BCUT2D eigenvalue weighted by atomic mass is 10.1. The predicted molar refractivity (Wildman–Crippen MR) is 111 cm³/mol. The van der Waals surface area contributed by atoms with Crippen molar-refractivity contribution in [1.29, 1.82) is 0 Å². The Balaban J connectivity index is -0.000000659. The van der Waals surface area contributed by atoms with Gasteiger partial charge in [0.15, 0.2) is 0 Å². The van der Waals surface area contributed by atoms with Gasteiger partial charge in [-0.05, 0) is 19.3 Å². The molecule has 0 radical (unpaired) electrons. The van der Waals surface area contributed by atoms with Crippen LogP contribution < -0.4 is 0 Å². The number of aromatic nitrogens is 3. The van der Waals surface area contributed by atoms with Crippen molar-refractivity contribution in [3.05, 3.63) is 11.9 Å². The van der Waals surface area contributed by atoms with E-state index in [0.29, 0.717) is 0 Å². The maximum Gasteiger partial charge on any atom is 0.0827 e. The first-order chi connectivity index (χ1) is 11.9. The van der Waals surface area contributed by atoms with E-state index in [-0.39, 0.29) is 0 Å². The Hall–Kier alpha value is -0.860. The van der Waals surface area contributed by atoms with Gasteiger partial charge >= 0.3 is 0 Å². The van der Waals surface area contributed by atoms with Gasteiger partial charge in [-0.15, -0.1) is 5.10 Å². The van der Waals surface area contributed by atoms with Gasteiger partial charge in [-0.1, -0.05) is 106 Å². The Bertz CT molecular complexity index is 295. The first-order valence-corrected chi connectivity index (χ1v) is 10.8. The van der Waals surface area contributed by atoms with Crippen LogP contribution in [-0.4, -0.2) is 15.0 Å². The molecule has 24 heavy (non-hydrogen) atoms. The fourth-order valence-electron chi connectivity index (χ4n) is 2.17. The van der Waals surface area contributed by atoms with Crippen LogP contribution in [0.4, 0.5) is 0 Å². The molecule has 1 rings (SSSR count). The number of hydrogen-bond donors (Lipinski definition) is 0. The van der Waals surface area contributed by atoms with E-state index in [4.69, 9.17) is 0 Å². The van der Waals surface area contributed by atoms with Crippen LogP contribution in [-0.2, 0) is 13.0 Å². The van der Waals surface area contributed by atoms with Crippen LogP contribution >= 0.6 is 0 Å². The second-order valence-electron chi connectivity index (χ2n) is 5.20. The SMILES string of the molecule is CC.CC.CC.CCCCCCCn1cc(CCCCCC)nn1. The molecule has 0 aliphatic heterocycles. The van der Waals surface area contributed by atoms with Gasteiger partial charge in [-0.25, -0.2) is 0 Å². The highest BCUT2D eigenvalue weighted by atomic mass is 15.4. The van der Waals surface area contributed by atoms with Crippen molar-refractivity contribution < 1.29 is 0 Å². The molecule has 0 fully saturated rings. The molecule has 3 nitrogen and oxygen atoms in total. The largest absolute Gasteiger partial charge is 0.252 e. The van der Waals surface area contributed by atoms with E-state index in [9.17, 15) is 0 Å². The van der Waals surface area contributed by atoms with Crippen molar-refractivity contribution in [1.82, 2.24) is 15.0 Å². The number of hydrogen-bond acceptors (Lipinski definition) is 2. The third-order valence-electron chi connectivity index (χ3n) is 3.36. The number of unbranched alkanes of at least 4 members (excludes halogenated alkanes) is 7. The molecule has 0 aromatic carbocycles. The second-order valence-corrected chi connectivity index (χ2v) is 5.20. The highest BCUT2D eigenvalue weighted by Crippen LogP contribution is 2.07. The van der Waals surface area contributed by atoms with Crippen molar-refractivity contribution in [2.45, 2.75) is 126 Å². The van der Waals surface area contributed by atoms with E-state index in [2.05, 4.69) is 30.4 Å². The van der Waals surface area contributed by atoms with Gasteiger partial charge in [0, 0.05) is 12.7 Å². The quantitative estimate of drug-likeness (QED) is 0.391. The van der Waals surface area contributed by atoms with Gasteiger partial charge in [0.25, 0.3) is 0 Å². The van der Waals surface area contributed by atoms with Crippen LogP contribution in [0, 0.1) is 0 Å². The molecule has 0 unspecified atom stereocenters. The van der Waals surface area contributed by atoms with Crippen molar-refractivity contribution in [3.8, 4) is 0 Å². The normalized spacial score (nSPS) is 9.00. The number of rotatable bonds is 11. The Labute approximate surface area is 153 Å². The summed E-state index contributed by atoms with van der Waals surface area (Å²) in [5.74, 6) is 0. The van der Waals surface area contributed by atoms with E-state index in [1.54, 1.807) is 0 Å². The summed E-state index contributed by atoms with van der Waals surface area (Å²) in [6, 6.07) is 0. The molecule has 0 atom stereocenters. The van der Waals surface area contributed by atoms with Crippen molar-refractivity contribution in [3.63, 3.8) is 0 Å². The maximum atomic E-state index is 4.24. The zero-order chi connectivity index (χ0) is 19.1. The van der Waals surface area contributed by atoms with Crippen LogP contribution in [0.1, 0.15) is 119 Å². The average molecular weight is 342 g/mol. The summed E-state index contributed by atoms with van der Waals surface area (Å²) in [5.41, 5.74) is 1.17. The Morgan fingerprint density at radius 3 is 1.75 bits per heavy atom. The molecule has 1 aromatic heterocycles. The molecule has 0 aliphatic carbocycles. The zero-order valence-corrected chi connectivity index (χ0v) is 18.2. The molecule has 1 aromatic rings. The van der Waals surface area contributed by atoms with Crippen LogP contribution in [0.25, 0.3) is 0 Å². The summed E-state index contributed by atoms with van der Waals surface area (Å²) in [6.07, 6.45) is 15.0.